The Morgan fingerprint density at radius 1 is 1.15 bits per heavy atom. The van der Waals surface area contributed by atoms with Crippen LogP contribution in [0.2, 0.25) is 5.02 Å². The van der Waals surface area contributed by atoms with Crippen LogP contribution in [0.4, 0.5) is 5.69 Å². The van der Waals surface area contributed by atoms with E-state index in [1.807, 2.05) is 24.1 Å². The fraction of sp³-hybridized carbons (Fsp3) is 0.588. The molecule has 1 saturated carbocycles. The molecule has 3 aliphatic rings. The smallest absolute Gasteiger partial charge is 0.247 e. The predicted octanol–water partition coefficient (Wildman–Crippen LogP) is 6.01. The van der Waals surface area contributed by atoms with Crippen molar-refractivity contribution >= 4 is 29.1 Å². The van der Waals surface area contributed by atoms with Crippen molar-refractivity contribution in [3.63, 3.8) is 0 Å². The minimum Gasteiger partial charge on any atom is -0.345 e. The summed E-state index contributed by atoms with van der Waals surface area (Å²) in [6.45, 7) is 10.6. The van der Waals surface area contributed by atoms with Gasteiger partial charge in [0.05, 0.1) is 6.67 Å². The summed E-state index contributed by atoms with van der Waals surface area (Å²) < 4.78 is 0. The number of hydrogen-bond acceptors (Lipinski definition) is 4. The maximum Gasteiger partial charge on any atom is 0.247 e. The van der Waals surface area contributed by atoms with E-state index in [0.29, 0.717) is 19.1 Å². The Hall–Kier alpha value is -2.57. The van der Waals surface area contributed by atoms with Crippen LogP contribution in [0.5, 0.6) is 0 Å². The number of likely N-dealkylation sites (tertiary alicyclic amines) is 1. The van der Waals surface area contributed by atoms with Crippen molar-refractivity contribution in [3.8, 4) is 0 Å². The zero-order valence-corrected chi connectivity index (χ0v) is 26.1. The number of carbonyl (C=O) groups is 2. The van der Waals surface area contributed by atoms with Crippen LogP contribution in [0, 0.1) is 18.8 Å². The lowest BCUT2D eigenvalue weighted by molar-refractivity contribution is -0.135. The van der Waals surface area contributed by atoms with Gasteiger partial charge in [-0.15, -0.1) is 0 Å². The number of nitrogens with one attached hydrogen (secondary N) is 1. The van der Waals surface area contributed by atoms with Crippen molar-refractivity contribution in [2.45, 2.75) is 76.7 Å². The van der Waals surface area contributed by atoms with Crippen LogP contribution >= 0.6 is 11.6 Å². The largest absolute Gasteiger partial charge is 0.345 e. The molecule has 7 heteroatoms. The topological polar surface area (TPSA) is 55.9 Å². The van der Waals surface area contributed by atoms with Gasteiger partial charge in [0.15, 0.2) is 0 Å². The minimum absolute atomic E-state index is 0.154. The highest BCUT2D eigenvalue weighted by atomic mass is 35.5. The van der Waals surface area contributed by atoms with E-state index in [4.69, 9.17) is 11.6 Å². The molecule has 2 unspecified atom stereocenters. The summed E-state index contributed by atoms with van der Waals surface area (Å²) in [4.78, 5) is 33.5. The highest BCUT2D eigenvalue weighted by Crippen LogP contribution is 2.40. The van der Waals surface area contributed by atoms with Gasteiger partial charge >= 0.3 is 0 Å². The number of benzene rings is 2. The van der Waals surface area contributed by atoms with Gasteiger partial charge in [0, 0.05) is 55.3 Å². The van der Waals surface area contributed by atoms with Gasteiger partial charge in [-0.2, -0.15) is 0 Å². The molecule has 2 aliphatic heterocycles. The number of piperidine rings is 1. The molecule has 2 heterocycles. The summed E-state index contributed by atoms with van der Waals surface area (Å²) >= 11 is 6.52. The first-order valence-electron chi connectivity index (χ1n) is 15.5. The Kier molecular flexibility index (Phi) is 9.01. The van der Waals surface area contributed by atoms with E-state index >= 15 is 0 Å². The Morgan fingerprint density at radius 3 is 2.51 bits per heavy atom. The molecule has 5 rings (SSSR count). The van der Waals surface area contributed by atoms with Crippen LogP contribution in [0.15, 0.2) is 48.5 Å². The zero-order chi connectivity index (χ0) is 29.2. The molecule has 2 aromatic carbocycles. The number of aryl methyl sites for hydroxylation is 1. The number of amides is 2. The molecule has 0 radical (unpaired) electrons. The number of halogens is 1. The van der Waals surface area contributed by atoms with Crippen molar-refractivity contribution in [3.05, 3.63) is 64.7 Å². The fourth-order valence-corrected chi connectivity index (χ4v) is 7.96. The Bertz CT molecular complexity index is 1240. The van der Waals surface area contributed by atoms with Gasteiger partial charge in [-0.05, 0) is 73.9 Å². The summed E-state index contributed by atoms with van der Waals surface area (Å²) in [5.74, 6) is 0.922. The lowest BCUT2D eigenvalue weighted by Crippen LogP contribution is -2.57. The molecule has 2 aromatic rings. The quantitative estimate of drug-likeness (QED) is 0.396. The van der Waals surface area contributed by atoms with Crippen molar-refractivity contribution in [2.24, 2.45) is 11.8 Å². The summed E-state index contributed by atoms with van der Waals surface area (Å²) in [5, 5.41) is 3.87. The lowest BCUT2D eigenvalue weighted by Gasteiger charge is -2.47. The maximum absolute atomic E-state index is 13.4. The monoisotopic (exact) mass is 578 g/mol. The first-order chi connectivity index (χ1) is 19.7. The third-order valence-corrected chi connectivity index (χ3v) is 10.6. The molecule has 0 aromatic heterocycles. The van der Waals surface area contributed by atoms with Crippen molar-refractivity contribution in [2.75, 3.05) is 44.8 Å². The van der Waals surface area contributed by atoms with Crippen LogP contribution in [-0.4, -0.2) is 67.0 Å². The summed E-state index contributed by atoms with van der Waals surface area (Å²) in [7, 11) is 1.99. The second-order valence-electron chi connectivity index (χ2n) is 13.0. The highest BCUT2D eigenvalue weighted by molar-refractivity contribution is 6.30. The van der Waals surface area contributed by atoms with Gasteiger partial charge in [-0.3, -0.25) is 9.59 Å². The van der Waals surface area contributed by atoms with Gasteiger partial charge in [0.25, 0.3) is 0 Å². The van der Waals surface area contributed by atoms with E-state index < -0.39 is 5.54 Å². The Balaban J connectivity index is 1.34. The van der Waals surface area contributed by atoms with E-state index in [1.165, 1.54) is 11.1 Å². The molecular formula is C34H47ClN4O2. The standard InChI is InChI=1S/C34H47ClN4O2/c1-5-27(33(3,28-13-9-14-29(35)21-28)23-37(4)31(40)26-11-6-7-12-26)22-38-18-16-34(17-19-38)32(41)36-24-39(34)30-15-8-10-25(2)20-30/h8-10,13-15,20-21,26-27H,5-7,11-12,16-19,22-24H2,1-4H3,(H,36,41). The lowest BCUT2D eigenvalue weighted by atomic mass is 9.69. The molecule has 222 valence electrons. The van der Waals surface area contributed by atoms with E-state index in [2.05, 4.69) is 72.3 Å². The maximum atomic E-state index is 13.4. The predicted molar refractivity (Wildman–Crippen MR) is 167 cm³/mol. The molecule has 1 N–H and O–H groups in total. The van der Waals surface area contributed by atoms with E-state index in [-0.39, 0.29) is 23.1 Å². The second-order valence-corrected chi connectivity index (χ2v) is 13.4. The SMILES string of the molecule is CCC(CN1CCC2(CC1)C(=O)NCN2c1cccc(C)c1)C(C)(CN(C)C(=O)C1CCCC1)c1cccc(Cl)c1. The molecule has 1 spiro atoms. The van der Waals surface area contributed by atoms with Gasteiger partial charge in [-0.1, -0.05) is 69.0 Å². The number of anilines is 1. The number of nitrogens with zero attached hydrogens (tertiary/aromatic N) is 3. The Labute approximate surface area is 251 Å². The second kappa shape index (κ2) is 12.3. The average Bonchev–Trinajstić information content (AvgIpc) is 3.61. The third kappa shape index (κ3) is 6.01. The van der Waals surface area contributed by atoms with Crippen LogP contribution in [-0.2, 0) is 15.0 Å². The molecule has 2 amide bonds. The summed E-state index contributed by atoms with van der Waals surface area (Å²) in [6, 6.07) is 16.7. The van der Waals surface area contributed by atoms with Gasteiger partial charge < -0.3 is 20.0 Å². The van der Waals surface area contributed by atoms with E-state index in [0.717, 1.165) is 75.3 Å². The van der Waals surface area contributed by atoms with Crippen LogP contribution in [0.25, 0.3) is 0 Å². The van der Waals surface area contributed by atoms with E-state index in [1.54, 1.807) is 0 Å². The number of carbonyl (C=O) groups excluding carboxylic acids is 2. The molecule has 3 fully saturated rings. The van der Waals surface area contributed by atoms with Gasteiger partial charge in [0.1, 0.15) is 5.54 Å². The van der Waals surface area contributed by atoms with Crippen molar-refractivity contribution in [1.29, 1.82) is 0 Å². The van der Waals surface area contributed by atoms with Crippen molar-refractivity contribution in [1.82, 2.24) is 15.1 Å². The Morgan fingerprint density at radius 2 is 1.85 bits per heavy atom. The summed E-state index contributed by atoms with van der Waals surface area (Å²) in [5.41, 5.74) is 2.77. The number of rotatable bonds is 9. The molecule has 2 atom stereocenters. The van der Waals surface area contributed by atoms with Gasteiger partial charge in [-0.25, -0.2) is 0 Å². The highest BCUT2D eigenvalue weighted by Gasteiger charge is 2.51. The average molecular weight is 579 g/mol. The molecular weight excluding hydrogens is 532 g/mol. The van der Waals surface area contributed by atoms with Crippen LogP contribution in [0.3, 0.4) is 0 Å². The first kappa shape index (κ1) is 29.9. The molecule has 41 heavy (non-hydrogen) atoms. The van der Waals surface area contributed by atoms with Crippen LogP contribution in [0.1, 0.15) is 69.9 Å². The molecule has 1 aliphatic carbocycles. The molecule has 0 bridgehead atoms. The van der Waals surface area contributed by atoms with Crippen LogP contribution < -0.4 is 10.2 Å². The van der Waals surface area contributed by atoms with E-state index in [9.17, 15) is 9.59 Å². The van der Waals surface area contributed by atoms with Crippen molar-refractivity contribution < 1.29 is 9.59 Å². The number of likely N-dealkylation sites (N-methyl/N-ethyl adjacent to an activating group) is 1. The fourth-order valence-electron chi connectivity index (χ4n) is 7.77. The minimum atomic E-state index is -0.490. The van der Waals surface area contributed by atoms with Gasteiger partial charge in [0.2, 0.25) is 11.8 Å². The summed E-state index contributed by atoms with van der Waals surface area (Å²) in [6.07, 6.45) is 6.93. The molecule has 6 nitrogen and oxygen atoms in total. The normalized spacial score (nSPS) is 21.6. The third-order valence-electron chi connectivity index (χ3n) is 10.3. The number of hydrogen-bond donors (Lipinski definition) is 1. The zero-order valence-electron chi connectivity index (χ0n) is 25.3. The molecule has 2 saturated heterocycles. The first-order valence-corrected chi connectivity index (χ1v) is 15.9.